The van der Waals surface area contributed by atoms with Crippen LogP contribution < -0.4 is 5.32 Å². The molecule has 3 heteroatoms. The van der Waals surface area contributed by atoms with Crippen molar-refractivity contribution in [2.24, 2.45) is 5.41 Å². The van der Waals surface area contributed by atoms with Crippen molar-refractivity contribution in [2.75, 3.05) is 27.2 Å². The maximum Gasteiger partial charge on any atom is 0.134 e. The van der Waals surface area contributed by atoms with Gasteiger partial charge in [-0.3, -0.25) is 0 Å². The van der Waals surface area contributed by atoms with E-state index in [-0.39, 0.29) is 5.41 Å². The number of nitrogens with one attached hydrogen (secondary N) is 1. The molecular weight excluding hydrogens is 236 g/mol. The van der Waals surface area contributed by atoms with Crippen LogP contribution in [0.5, 0.6) is 0 Å². The number of benzene rings is 1. The van der Waals surface area contributed by atoms with Gasteiger partial charge in [0.25, 0.3) is 0 Å². The lowest BCUT2D eigenvalue weighted by Crippen LogP contribution is -2.37. The number of rotatable bonds is 6. The van der Waals surface area contributed by atoms with Crippen molar-refractivity contribution in [3.63, 3.8) is 0 Å². The van der Waals surface area contributed by atoms with Gasteiger partial charge in [-0.05, 0) is 25.6 Å². The van der Waals surface area contributed by atoms with Crippen molar-refractivity contribution in [1.82, 2.24) is 10.2 Å². The van der Waals surface area contributed by atoms with Gasteiger partial charge < -0.3 is 14.6 Å². The second kappa shape index (κ2) is 5.76. The largest absolute Gasteiger partial charge is 0.464 e. The zero-order valence-electron chi connectivity index (χ0n) is 12.4. The number of hydrogen-bond acceptors (Lipinski definition) is 3. The third-order valence-corrected chi connectivity index (χ3v) is 3.22. The van der Waals surface area contributed by atoms with E-state index in [2.05, 4.69) is 50.3 Å². The Labute approximate surface area is 115 Å². The summed E-state index contributed by atoms with van der Waals surface area (Å²) in [5.74, 6) is 0. The maximum atomic E-state index is 5.55. The smallest absolute Gasteiger partial charge is 0.134 e. The van der Waals surface area contributed by atoms with E-state index in [1.807, 2.05) is 18.4 Å². The lowest BCUT2D eigenvalue weighted by atomic mass is 9.93. The zero-order chi connectivity index (χ0) is 13.9. The van der Waals surface area contributed by atoms with Crippen molar-refractivity contribution in [2.45, 2.75) is 20.4 Å². The molecule has 0 fully saturated rings. The Morgan fingerprint density at radius 1 is 1.21 bits per heavy atom. The molecule has 0 atom stereocenters. The summed E-state index contributed by atoms with van der Waals surface area (Å²) < 4.78 is 5.55. The minimum absolute atomic E-state index is 0.267. The molecule has 0 saturated carbocycles. The molecule has 0 saturated heterocycles. The standard InChI is InChI=1S/C16H24N2O/c1-16(2,12-18(3)4)11-17-9-13-10-19-15-8-6-5-7-14(13)15/h5-8,10,17H,9,11-12H2,1-4H3. The summed E-state index contributed by atoms with van der Waals surface area (Å²) in [6.45, 7) is 7.49. The number of nitrogens with zero attached hydrogens (tertiary/aromatic N) is 1. The molecule has 0 radical (unpaired) electrons. The highest BCUT2D eigenvalue weighted by Gasteiger charge is 2.18. The average molecular weight is 260 g/mol. The van der Waals surface area contributed by atoms with Gasteiger partial charge >= 0.3 is 0 Å². The van der Waals surface area contributed by atoms with Crippen LogP contribution in [0.15, 0.2) is 34.9 Å². The van der Waals surface area contributed by atoms with Gasteiger partial charge in [0.15, 0.2) is 0 Å². The first-order valence-corrected chi connectivity index (χ1v) is 6.78. The van der Waals surface area contributed by atoms with Gasteiger partial charge in [-0.25, -0.2) is 0 Å². The van der Waals surface area contributed by atoms with E-state index in [4.69, 9.17) is 4.42 Å². The Kier molecular flexibility index (Phi) is 4.27. The van der Waals surface area contributed by atoms with Crippen LogP contribution >= 0.6 is 0 Å². The topological polar surface area (TPSA) is 28.4 Å². The molecule has 2 aromatic rings. The molecule has 1 aromatic heterocycles. The first kappa shape index (κ1) is 14.1. The van der Waals surface area contributed by atoms with Gasteiger partial charge in [-0.1, -0.05) is 32.0 Å². The van der Waals surface area contributed by atoms with Crippen molar-refractivity contribution in [3.05, 3.63) is 36.1 Å². The van der Waals surface area contributed by atoms with Crippen LogP contribution in [0.4, 0.5) is 0 Å². The predicted octanol–water partition coefficient (Wildman–Crippen LogP) is 3.11. The van der Waals surface area contributed by atoms with E-state index < -0.39 is 0 Å². The monoisotopic (exact) mass is 260 g/mol. The molecule has 0 unspecified atom stereocenters. The van der Waals surface area contributed by atoms with Gasteiger partial charge in [-0.2, -0.15) is 0 Å². The summed E-state index contributed by atoms with van der Waals surface area (Å²) in [7, 11) is 4.23. The van der Waals surface area contributed by atoms with Crippen LogP contribution in [0.2, 0.25) is 0 Å². The predicted molar refractivity (Wildman–Crippen MR) is 80.3 cm³/mol. The summed E-state index contributed by atoms with van der Waals surface area (Å²) >= 11 is 0. The maximum absolute atomic E-state index is 5.55. The highest BCUT2D eigenvalue weighted by atomic mass is 16.3. The quantitative estimate of drug-likeness (QED) is 0.865. The summed E-state index contributed by atoms with van der Waals surface area (Å²) in [6, 6.07) is 8.18. The fraction of sp³-hybridized carbons (Fsp3) is 0.500. The highest BCUT2D eigenvalue weighted by Crippen LogP contribution is 2.21. The molecular formula is C16H24N2O. The lowest BCUT2D eigenvalue weighted by molar-refractivity contribution is 0.232. The summed E-state index contributed by atoms with van der Waals surface area (Å²) in [6.07, 6.45) is 1.86. The number of para-hydroxylation sites is 1. The van der Waals surface area contributed by atoms with Gasteiger partial charge in [0, 0.05) is 30.6 Å². The second-order valence-electron chi connectivity index (χ2n) is 6.26. The van der Waals surface area contributed by atoms with Gasteiger partial charge in [0.2, 0.25) is 0 Å². The Morgan fingerprint density at radius 3 is 2.68 bits per heavy atom. The molecule has 0 amide bonds. The summed E-state index contributed by atoms with van der Waals surface area (Å²) in [4.78, 5) is 2.23. The van der Waals surface area contributed by atoms with Gasteiger partial charge in [0.05, 0.1) is 6.26 Å². The Hall–Kier alpha value is -1.32. The fourth-order valence-corrected chi connectivity index (χ4v) is 2.62. The molecule has 0 aliphatic heterocycles. The molecule has 0 bridgehead atoms. The minimum atomic E-state index is 0.267. The van der Waals surface area contributed by atoms with Crippen molar-refractivity contribution in [3.8, 4) is 0 Å². The number of fused-ring (bicyclic) bond motifs is 1. The first-order chi connectivity index (χ1) is 8.98. The molecule has 19 heavy (non-hydrogen) atoms. The molecule has 0 spiro atoms. The molecule has 1 N–H and O–H groups in total. The molecule has 0 aliphatic rings. The van der Waals surface area contributed by atoms with Crippen LogP contribution in [0.3, 0.4) is 0 Å². The normalized spacial score (nSPS) is 12.5. The van der Waals surface area contributed by atoms with Crippen LogP contribution in [0, 0.1) is 5.41 Å². The Bertz CT molecular complexity index is 528. The SMILES string of the molecule is CN(C)CC(C)(C)CNCc1coc2ccccc12. The minimum Gasteiger partial charge on any atom is -0.464 e. The van der Waals surface area contributed by atoms with Crippen LogP contribution in [-0.2, 0) is 6.54 Å². The zero-order valence-corrected chi connectivity index (χ0v) is 12.4. The third-order valence-electron chi connectivity index (χ3n) is 3.22. The van der Waals surface area contributed by atoms with Gasteiger partial charge in [0.1, 0.15) is 5.58 Å². The summed E-state index contributed by atoms with van der Waals surface area (Å²) in [5, 5.41) is 4.75. The Morgan fingerprint density at radius 2 is 1.95 bits per heavy atom. The lowest BCUT2D eigenvalue weighted by Gasteiger charge is -2.28. The van der Waals surface area contributed by atoms with Crippen molar-refractivity contribution < 1.29 is 4.42 Å². The van der Waals surface area contributed by atoms with Crippen LogP contribution in [-0.4, -0.2) is 32.1 Å². The third kappa shape index (κ3) is 3.82. The van der Waals surface area contributed by atoms with Crippen LogP contribution in [0.25, 0.3) is 11.0 Å². The summed E-state index contributed by atoms with van der Waals surface area (Å²) in [5.41, 5.74) is 2.46. The highest BCUT2D eigenvalue weighted by molar-refractivity contribution is 5.80. The fourth-order valence-electron chi connectivity index (χ4n) is 2.62. The van der Waals surface area contributed by atoms with E-state index in [1.54, 1.807) is 0 Å². The molecule has 104 valence electrons. The van der Waals surface area contributed by atoms with E-state index in [1.165, 1.54) is 10.9 Å². The van der Waals surface area contributed by atoms with E-state index in [0.29, 0.717) is 0 Å². The van der Waals surface area contributed by atoms with E-state index in [0.717, 1.165) is 25.2 Å². The number of hydrogen-bond donors (Lipinski definition) is 1. The van der Waals surface area contributed by atoms with E-state index in [9.17, 15) is 0 Å². The number of furan rings is 1. The van der Waals surface area contributed by atoms with Gasteiger partial charge in [-0.15, -0.1) is 0 Å². The Balaban J connectivity index is 1.92. The van der Waals surface area contributed by atoms with E-state index >= 15 is 0 Å². The first-order valence-electron chi connectivity index (χ1n) is 6.78. The molecule has 3 nitrogen and oxygen atoms in total. The molecule has 1 aromatic carbocycles. The molecule has 0 aliphatic carbocycles. The second-order valence-corrected chi connectivity index (χ2v) is 6.26. The van der Waals surface area contributed by atoms with Crippen LogP contribution in [0.1, 0.15) is 19.4 Å². The molecule has 2 rings (SSSR count). The molecule has 1 heterocycles. The average Bonchev–Trinajstić information content (AvgIpc) is 2.71. The van der Waals surface area contributed by atoms with Crippen molar-refractivity contribution in [1.29, 1.82) is 0 Å². The van der Waals surface area contributed by atoms with Crippen molar-refractivity contribution >= 4 is 11.0 Å².